The van der Waals surface area contributed by atoms with Crippen LogP contribution < -0.4 is 11.1 Å². The number of likely N-dealkylation sites (N-methyl/N-ethyl adjacent to an activating group) is 1. The van der Waals surface area contributed by atoms with Gasteiger partial charge in [-0.2, -0.15) is 0 Å². The number of hydrogen-bond acceptors (Lipinski definition) is 3. The second kappa shape index (κ2) is 5.06. The first-order valence-electron chi connectivity index (χ1n) is 7.91. The number of likely N-dealkylation sites (tertiary alicyclic amines) is 1. The molecule has 2 aliphatic carbocycles. The van der Waals surface area contributed by atoms with Crippen LogP contribution in [0.1, 0.15) is 51.4 Å². The zero-order valence-corrected chi connectivity index (χ0v) is 12.0. The summed E-state index contributed by atoms with van der Waals surface area (Å²) < 4.78 is 0. The number of hydrogen-bond donors (Lipinski definition) is 2. The Balaban J connectivity index is 1.69. The van der Waals surface area contributed by atoms with E-state index in [9.17, 15) is 4.79 Å². The predicted octanol–water partition coefficient (Wildman–Crippen LogP) is 1.25. The largest absolute Gasteiger partial charge is 0.368 e. The van der Waals surface area contributed by atoms with Crippen molar-refractivity contribution in [1.29, 1.82) is 0 Å². The van der Waals surface area contributed by atoms with Crippen LogP contribution in [-0.4, -0.2) is 42.0 Å². The highest BCUT2D eigenvalue weighted by molar-refractivity contribution is 5.85. The monoisotopic (exact) mass is 265 g/mol. The van der Waals surface area contributed by atoms with Gasteiger partial charge in [-0.15, -0.1) is 0 Å². The highest BCUT2D eigenvalue weighted by Crippen LogP contribution is 2.42. The number of nitrogens with two attached hydrogens (primary N) is 1. The Morgan fingerprint density at radius 1 is 1.26 bits per heavy atom. The number of carbonyl (C=O) groups excluding carboxylic acids is 1. The summed E-state index contributed by atoms with van der Waals surface area (Å²) in [5.74, 6) is 0.754. The van der Waals surface area contributed by atoms with E-state index in [1.165, 1.54) is 38.6 Å². The fourth-order valence-electron chi connectivity index (χ4n) is 4.77. The van der Waals surface area contributed by atoms with E-state index in [2.05, 4.69) is 10.2 Å². The third-order valence-corrected chi connectivity index (χ3v) is 5.96. The molecule has 3 fully saturated rings. The first kappa shape index (κ1) is 13.4. The van der Waals surface area contributed by atoms with Crippen molar-refractivity contribution >= 4 is 5.91 Å². The average Bonchev–Trinajstić information content (AvgIpc) is 3.03. The zero-order chi connectivity index (χ0) is 13.5. The van der Waals surface area contributed by atoms with Gasteiger partial charge in [0.15, 0.2) is 0 Å². The van der Waals surface area contributed by atoms with Crippen molar-refractivity contribution in [1.82, 2.24) is 10.2 Å². The van der Waals surface area contributed by atoms with E-state index in [0.29, 0.717) is 6.04 Å². The van der Waals surface area contributed by atoms with E-state index in [0.717, 1.165) is 31.2 Å². The maximum atomic E-state index is 11.7. The van der Waals surface area contributed by atoms with Gasteiger partial charge in [0.25, 0.3) is 0 Å². The number of primary amides is 1. The van der Waals surface area contributed by atoms with Crippen molar-refractivity contribution in [2.45, 2.75) is 69.0 Å². The molecule has 3 N–H and O–H groups in total. The van der Waals surface area contributed by atoms with Crippen LogP contribution >= 0.6 is 0 Å². The van der Waals surface area contributed by atoms with Gasteiger partial charge < -0.3 is 11.1 Å². The molecule has 4 heteroatoms. The van der Waals surface area contributed by atoms with E-state index in [1.54, 1.807) is 0 Å². The van der Waals surface area contributed by atoms with Crippen LogP contribution in [0.2, 0.25) is 0 Å². The summed E-state index contributed by atoms with van der Waals surface area (Å²) in [6.07, 6.45) is 9.88. The molecular weight excluding hydrogens is 238 g/mol. The Hall–Kier alpha value is -0.610. The molecule has 1 amide bonds. The molecule has 4 atom stereocenters. The molecule has 0 spiro atoms. The maximum absolute atomic E-state index is 11.7. The number of nitrogens with one attached hydrogen (secondary N) is 1. The number of rotatable bonds is 3. The smallest absolute Gasteiger partial charge is 0.237 e. The number of nitrogens with zero attached hydrogens (tertiary/aromatic N) is 1. The van der Waals surface area contributed by atoms with Gasteiger partial charge in [-0.1, -0.05) is 12.8 Å². The quantitative estimate of drug-likeness (QED) is 0.807. The molecule has 1 aliphatic heterocycles. The first-order valence-corrected chi connectivity index (χ1v) is 7.91. The summed E-state index contributed by atoms with van der Waals surface area (Å²) in [5.41, 5.74) is 5.17. The molecule has 0 aromatic carbocycles. The highest BCUT2D eigenvalue weighted by Gasteiger charge is 2.48. The van der Waals surface area contributed by atoms with Gasteiger partial charge in [-0.25, -0.2) is 0 Å². The summed E-state index contributed by atoms with van der Waals surface area (Å²) >= 11 is 0. The molecule has 2 saturated carbocycles. The van der Waals surface area contributed by atoms with Gasteiger partial charge in [-0.05, 0) is 58.0 Å². The third kappa shape index (κ3) is 2.19. The third-order valence-electron chi connectivity index (χ3n) is 5.96. The molecule has 0 aromatic rings. The lowest BCUT2D eigenvalue weighted by Gasteiger charge is -2.36. The zero-order valence-electron chi connectivity index (χ0n) is 12.0. The SMILES string of the molecule is CNC1(C(N)=O)CCC(N2CCC3CCCCC32)C1. The molecule has 19 heavy (non-hydrogen) atoms. The molecule has 4 unspecified atom stereocenters. The van der Waals surface area contributed by atoms with Gasteiger partial charge in [0.2, 0.25) is 5.91 Å². The van der Waals surface area contributed by atoms with Crippen LogP contribution in [0.15, 0.2) is 0 Å². The first-order chi connectivity index (χ1) is 9.16. The molecule has 1 heterocycles. The van der Waals surface area contributed by atoms with Crippen molar-refractivity contribution in [2.24, 2.45) is 11.7 Å². The topological polar surface area (TPSA) is 58.4 Å². The van der Waals surface area contributed by atoms with E-state index >= 15 is 0 Å². The molecule has 108 valence electrons. The maximum Gasteiger partial charge on any atom is 0.237 e. The lowest BCUT2D eigenvalue weighted by molar-refractivity contribution is -0.124. The highest BCUT2D eigenvalue weighted by atomic mass is 16.1. The average molecular weight is 265 g/mol. The van der Waals surface area contributed by atoms with Crippen LogP contribution in [-0.2, 0) is 4.79 Å². The summed E-state index contributed by atoms with van der Waals surface area (Å²) in [7, 11) is 1.88. The second-order valence-electron chi connectivity index (χ2n) is 6.73. The Morgan fingerprint density at radius 3 is 2.74 bits per heavy atom. The molecule has 4 nitrogen and oxygen atoms in total. The minimum atomic E-state index is -0.447. The van der Waals surface area contributed by atoms with Crippen LogP contribution in [0.5, 0.6) is 0 Å². The minimum absolute atomic E-state index is 0.170. The Labute approximate surface area is 116 Å². The van der Waals surface area contributed by atoms with E-state index < -0.39 is 5.54 Å². The van der Waals surface area contributed by atoms with Crippen molar-refractivity contribution in [2.75, 3.05) is 13.6 Å². The standard InChI is InChI=1S/C15H27N3O/c1-17-15(14(16)19)8-6-12(10-15)18-9-7-11-4-2-3-5-13(11)18/h11-13,17H,2-10H2,1H3,(H2,16,19). The second-order valence-corrected chi connectivity index (χ2v) is 6.73. The molecule has 0 bridgehead atoms. The van der Waals surface area contributed by atoms with Gasteiger partial charge in [0, 0.05) is 12.1 Å². The summed E-state index contributed by atoms with van der Waals surface area (Å²) in [5, 5.41) is 3.20. The van der Waals surface area contributed by atoms with Gasteiger partial charge in [-0.3, -0.25) is 9.69 Å². The summed E-state index contributed by atoms with van der Waals surface area (Å²) in [6, 6.07) is 1.35. The Morgan fingerprint density at radius 2 is 2.05 bits per heavy atom. The van der Waals surface area contributed by atoms with Gasteiger partial charge in [0.1, 0.15) is 0 Å². The lowest BCUT2D eigenvalue weighted by atomic mass is 9.85. The van der Waals surface area contributed by atoms with Crippen LogP contribution in [0, 0.1) is 5.92 Å². The van der Waals surface area contributed by atoms with Crippen molar-refractivity contribution < 1.29 is 4.79 Å². The fourth-order valence-corrected chi connectivity index (χ4v) is 4.77. The number of amides is 1. The summed E-state index contributed by atoms with van der Waals surface area (Å²) in [4.78, 5) is 14.5. The number of carbonyl (C=O) groups is 1. The van der Waals surface area contributed by atoms with E-state index in [4.69, 9.17) is 5.73 Å². The Bertz CT molecular complexity index is 359. The predicted molar refractivity (Wildman–Crippen MR) is 75.7 cm³/mol. The normalized spacial score (nSPS) is 43.3. The van der Waals surface area contributed by atoms with Crippen molar-refractivity contribution in [3.8, 4) is 0 Å². The fraction of sp³-hybridized carbons (Fsp3) is 0.933. The van der Waals surface area contributed by atoms with E-state index in [-0.39, 0.29) is 5.91 Å². The lowest BCUT2D eigenvalue weighted by Crippen LogP contribution is -2.53. The number of fused-ring (bicyclic) bond motifs is 1. The van der Waals surface area contributed by atoms with Gasteiger partial charge in [0.05, 0.1) is 5.54 Å². The van der Waals surface area contributed by atoms with Crippen LogP contribution in [0.25, 0.3) is 0 Å². The molecular formula is C15H27N3O. The van der Waals surface area contributed by atoms with Crippen molar-refractivity contribution in [3.05, 3.63) is 0 Å². The van der Waals surface area contributed by atoms with Crippen LogP contribution in [0.4, 0.5) is 0 Å². The molecule has 0 aromatic heterocycles. The van der Waals surface area contributed by atoms with Crippen molar-refractivity contribution in [3.63, 3.8) is 0 Å². The molecule has 3 aliphatic rings. The molecule has 3 rings (SSSR count). The minimum Gasteiger partial charge on any atom is -0.368 e. The van der Waals surface area contributed by atoms with Crippen LogP contribution in [0.3, 0.4) is 0 Å². The summed E-state index contributed by atoms with van der Waals surface area (Å²) in [6.45, 7) is 1.23. The molecule has 0 radical (unpaired) electrons. The van der Waals surface area contributed by atoms with Gasteiger partial charge >= 0.3 is 0 Å². The molecule has 1 saturated heterocycles. The van der Waals surface area contributed by atoms with E-state index in [1.807, 2.05) is 7.05 Å². The Kier molecular flexibility index (Phi) is 3.56.